The molecule has 0 amide bonds. The maximum atomic E-state index is 14.6. The largest absolute Gasteiger partial charge is 0.481 e. The van der Waals surface area contributed by atoms with Crippen LogP contribution in [0.3, 0.4) is 0 Å². The van der Waals surface area contributed by atoms with Crippen LogP contribution in [0.4, 0.5) is 4.39 Å². The summed E-state index contributed by atoms with van der Waals surface area (Å²) in [5.74, 6) is 2.57. The number of benzene rings is 1. The van der Waals surface area contributed by atoms with Gasteiger partial charge in [0.2, 0.25) is 5.88 Å². The van der Waals surface area contributed by atoms with Crippen molar-refractivity contribution in [1.29, 1.82) is 0 Å². The summed E-state index contributed by atoms with van der Waals surface area (Å²) in [5.41, 5.74) is 4.24. The number of pyridine rings is 2. The molecule has 33 heavy (non-hydrogen) atoms. The Balaban J connectivity index is 1.21. The van der Waals surface area contributed by atoms with Crippen molar-refractivity contribution in [2.24, 2.45) is 0 Å². The van der Waals surface area contributed by atoms with Crippen LogP contribution in [-0.2, 0) is 6.42 Å². The van der Waals surface area contributed by atoms with E-state index in [9.17, 15) is 4.39 Å². The van der Waals surface area contributed by atoms with Gasteiger partial charge < -0.3 is 14.1 Å². The quantitative estimate of drug-likeness (QED) is 0.377. The molecule has 1 fully saturated rings. The summed E-state index contributed by atoms with van der Waals surface area (Å²) in [5, 5.41) is 0. The number of nitrogens with zero attached hydrogens (tertiary/aromatic N) is 3. The van der Waals surface area contributed by atoms with E-state index in [2.05, 4.69) is 58.2 Å². The molecule has 1 saturated heterocycles. The minimum Gasteiger partial charge on any atom is -0.481 e. The van der Waals surface area contributed by atoms with Crippen molar-refractivity contribution in [3.05, 3.63) is 77.4 Å². The van der Waals surface area contributed by atoms with Crippen molar-refractivity contribution in [2.75, 3.05) is 26.7 Å². The molecule has 4 heterocycles. The van der Waals surface area contributed by atoms with Crippen molar-refractivity contribution >= 4 is 11.0 Å². The van der Waals surface area contributed by atoms with Gasteiger partial charge in [-0.15, -0.1) is 0 Å². The molecule has 0 atom stereocenters. The number of halogens is 1. The molecule has 1 aliphatic heterocycles. The third-order valence-electron chi connectivity index (χ3n) is 6.58. The molecule has 0 bridgehead atoms. The summed E-state index contributed by atoms with van der Waals surface area (Å²) in [6.45, 7) is 4.80. The Morgan fingerprint density at radius 2 is 1.85 bits per heavy atom. The molecule has 5 rings (SSSR count). The summed E-state index contributed by atoms with van der Waals surface area (Å²) < 4.78 is 26.0. The number of methoxy groups -OCH3 is 1. The maximum absolute atomic E-state index is 14.6. The van der Waals surface area contributed by atoms with Gasteiger partial charge in [-0.05, 0) is 57.5 Å². The summed E-state index contributed by atoms with van der Waals surface area (Å²) in [6, 6.07) is 16.2. The third kappa shape index (κ3) is 4.62. The van der Waals surface area contributed by atoms with Gasteiger partial charge >= 0.3 is 0 Å². The summed E-state index contributed by atoms with van der Waals surface area (Å²) in [7, 11) is 1.56. The standard InChI is InChI=1S/C27H28FN3O2/c1-18-3-5-19(6-4-18)24-8-9-25(33-24)20-11-14-31(15-12-20)16-13-21-22(28)17-29-23-7-10-26(32-2)30-27(21)23/h3-10,17,20H,11-16H2,1-2H3. The molecule has 0 unspecified atom stereocenters. The van der Waals surface area contributed by atoms with Crippen LogP contribution in [0.15, 0.2) is 59.1 Å². The van der Waals surface area contributed by atoms with Gasteiger partial charge in [0.05, 0.1) is 24.3 Å². The summed E-state index contributed by atoms with van der Waals surface area (Å²) in [6.07, 6.45) is 3.95. The van der Waals surface area contributed by atoms with E-state index in [0.717, 1.165) is 49.6 Å². The van der Waals surface area contributed by atoms with Gasteiger partial charge in [0, 0.05) is 29.7 Å². The molecule has 6 heteroatoms. The van der Waals surface area contributed by atoms with Gasteiger partial charge in [-0.25, -0.2) is 9.37 Å². The molecule has 0 saturated carbocycles. The van der Waals surface area contributed by atoms with Gasteiger partial charge in [-0.3, -0.25) is 4.98 Å². The molecule has 4 aromatic rings. The highest BCUT2D eigenvalue weighted by Gasteiger charge is 2.24. The first-order valence-corrected chi connectivity index (χ1v) is 11.5. The molecular formula is C27H28FN3O2. The summed E-state index contributed by atoms with van der Waals surface area (Å²) >= 11 is 0. The van der Waals surface area contributed by atoms with Crippen LogP contribution in [-0.4, -0.2) is 41.6 Å². The Bertz CT molecular complexity index is 1240. The van der Waals surface area contributed by atoms with E-state index >= 15 is 0 Å². The van der Waals surface area contributed by atoms with Crippen LogP contribution in [0.5, 0.6) is 5.88 Å². The van der Waals surface area contributed by atoms with Crippen LogP contribution >= 0.6 is 0 Å². The van der Waals surface area contributed by atoms with Gasteiger partial charge in [-0.1, -0.05) is 29.8 Å². The Morgan fingerprint density at radius 1 is 1.06 bits per heavy atom. The Labute approximate surface area is 193 Å². The van der Waals surface area contributed by atoms with Crippen molar-refractivity contribution in [1.82, 2.24) is 14.9 Å². The predicted octanol–water partition coefficient (Wildman–Crippen LogP) is 5.77. The zero-order valence-electron chi connectivity index (χ0n) is 19.1. The highest BCUT2D eigenvalue weighted by Crippen LogP contribution is 2.33. The zero-order chi connectivity index (χ0) is 22.8. The van der Waals surface area contributed by atoms with Crippen molar-refractivity contribution in [2.45, 2.75) is 32.1 Å². The third-order valence-corrected chi connectivity index (χ3v) is 6.58. The van der Waals surface area contributed by atoms with Crippen molar-refractivity contribution in [3.8, 4) is 17.2 Å². The molecule has 170 valence electrons. The average molecular weight is 446 g/mol. The van der Waals surface area contributed by atoms with Crippen LogP contribution in [0, 0.1) is 12.7 Å². The normalized spacial score (nSPS) is 15.2. The van der Waals surface area contributed by atoms with E-state index in [1.165, 1.54) is 11.8 Å². The van der Waals surface area contributed by atoms with Crippen molar-refractivity contribution in [3.63, 3.8) is 0 Å². The van der Waals surface area contributed by atoms with Gasteiger partial charge in [-0.2, -0.15) is 0 Å². The molecule has 0 N–H and O–H groups in total. The SMILES string of the molecule is COc1ccc2ncc(F)c(CCN3CCC(c4ccc(-c5ccc(C)cc5)o4)CC3)c2n1. The number of hydrogen-bond donors (Lipinski definition) is 0. The number of aryl methyl sites for hydroxylation is 1. The van der Waals surface area contributed by atoms with E-state index in [0.29, 0.717) is 34.8 Å². The van der Waals surface area contributed by atoms with E-state index in [1.807, 2.05) is 6.07 Å². The molecule has 0 aliphatic carbocycles. The van der Waals surface area contributed by atoms with Crippen molar-refractivity contribution < 1.29 is 13.5 Å². The fraction of sp³-hybridized carbons (Fsp3) is 0.333. The summed E-state index contributed by atoms with van der Waals surface area (Å²) in [4.78, 5) is 11.0. The molecule has 3 aromatic heterocycles. The molecule has 1 aliphatic rings. The first kappa shape index (κ1) is 21.6. The lowest BCUT2D eigenvalue weighted by Crippen LogP contribution is -2.34. The first-order chi connectivity index (χ1) is 16.1. The number of hydrogen-bond acceptors (Lipinski definition) is 5. The lowest BCUT2D eigenvalue weighted by atomic mass is 9.94. The number of furan rings is 1. The second kappa shape index (κ2) is 9.32. The lowest BCUT2D eigenvalue weighted by Gasteiger charge is -2.31. The highest BCUT2D eigenvalue weighted by atomic mass is 19.1. The molecule has 1 aromatic carbocycles. The number of aromatic nitrogens is 2. The highest BCUT2D eigenvalue weighted by molar-refractivity contribution is 5.78. The Kier molecular flexibility index (Phi) is 6.09. The Hall–Kier alpha value is -3.25. The lowest BCUT2D eigenvalue weighted by molar-refractivity contribution is 0.204. The minimum absolute atomic E-state index is 0.308. The molecule has 0 spiro atoms. The molecule has 0 radical (unpaired) electrons. The van der Waals surface area contributed by atoms with Crippen LogP contribution in [0.1, 0.15) is 35.6 Å². The monoisotopic (exact) mass is 445 g/mol. The number of piperidine rings is 1. The smallest absolute Gasteiger partial charge is 0.213 e. The zero-order valence-corrected chi connectivity index (χ0v) is 19.1. The fourth-order valence-corrected chi connectivity index (χ4v) is 4.59. The van der Waals surface area contributed by atoms with Crippen LogP contribution in [0.25, 0.3) is 22.4 Å². The van der Waals surface area contributed by atoms with E-state index < -0.39 is 0 Å². The number of likely N-dealkylation sites (tertiary alicyclic amines) is 1. The van der Waals surface area contributed by atoms with E-state index in [-0.39, 0.29) is 5.82 Å². The first-order valence-electron chi connectivity index (χ1n) is 11.5. The molecule has 5 nitrogen and oxygen atoms in total. The number of ether oxygens (including phenoxy) is 1. The maximum Gasteiger partial charge on any atom is 0.213 e. The van der Waals surface area contributed by atoms with Gasteiger partial charge in [0.15, 0.2) is 0 Å². The fourth-order valence-electron chi connectivity index (χ4n) is 4.59. The average Bonchev–Trinajstić information content (AvgIpc) is 3.34. The second-order valence-electron chi connectivity index (χ2n) is 8.74. The number of fused-ring (bicyclic) bond motifs is 1. The second-order valence-corrected chi connectivity index (χ2v) is 8.74. The minimum atomic E-state index is -0.308. The topological polar surface area (TPSA) is 51.4 Å². The molecular weight excluding hydrogens is 417 g/mol. The van der Waals surface area contributed by atoms with Crippen LogP contribution < -0.4 is 4.74 Å². The number of rotatable bonds is 6. The van der Waals surface area contributed by atoms with Crippen LogP contribution in [0.2, 0.25) is 0 Å². The Morgan fingerprint density at radius 3 is 2.61 bits per heavy atom. The predicted molar refractivity (Wildman–Crippen MR) is 127 cm³/mol. The van der Waals surface area contributed by atoms with Gasteiger partial charge in [0.1, 0.15) is 17.3 Å². The van der Waals surface area contributed by atoms with Gasteiger partial charge in [0.25, 0.3) is 0 Å². The van der Waals surface area contributed by atoms with E-state index in [4.69, 9.17) is 9.15 Å². The van der Waals surface area contributed by atoms with E-state index in [1.54, 1.807) is 13.2 Å².